The fourth-order valence-electron chi connectivity index (χ4n) is 2.82. The Morgan fingerprint density at radius 1 is 1.12 bits per heavy atom. The third-order valence-corrected chi connectivity index (χ3v) is 6.07. The van der Waals surface area contributed by atoms with Crippen LogP contribution in [0.5, 0.6) is 0 Å². The molecule has 1 aromatic carbocycles. The topological polar surface area (TPSA) is 84.0 Å². The zero-order chi connectivity index (χ0) is 18.2. The second-order valence-corrected chi connectivity index (χ2v) is 8.23. The number of amides is 2. The summed E-state index contributed by atoms with van der Waals surface area (Å²) in [7, 11) is 0. The molecule has 0 unspecified atom stereocenters. The quantitative estimate of drug-likeness (QED) is 0.673. The van der Waals surface area contributed by atoms with Crippen molar-refractivity contribution in [3.8, 4) is 0 Å². The lowest BCUT2D eigenvalue weighted by Gasteiger charge is -2.11. The lowest BCUT2D eigenvalue weighted by atomic mass is 10.2. The summed E-state index contributed by atoms with van der Waals surface area (Å²) in [5.41, 5.74) is 1.21. The predicted octanol–water partition coefficient (Wildman–Crippen LogP) is 3.61. The Hall–Kier alpha value is -1.93. The van der Waals surface area contributed by atoms with Crippen molar-refractivity contribution in [3.63, 3.8) is 0 Å². The summed E-state index contributed by atoms with van der Waals surface area (Å²) in [6.07, 6.45) is 4.78. The third kappa shape index (κ3) is 6.10. The lowest BCUT2D eigenvalue weighted by Crippen LogP contribution is -2.33. The molecule has 0 bridgehead atoms. The second kappa shape index (κ2) is 9.68. The van der Waals surface area contributed by atoms with Crippen LogP contribution in [0, 0.1) is 0 Å². The fraction of sp³-hybridized carbons (Fsp3) is 0.444. The first-order chi connectivity index (χ1) is 12.7. The van der Waals surface area contributed by atoms with Crippen LogP contribution in [0.1, 0.15) is 44.1 Å². The van der Waals surface area contributed by atoms with Crippen molar-refractivity contribution in [1.29, 1.82) is 0 Å². The van der Waals surface area contributed by atoms with E-state index in [1.807, 2.05) is 18.2 Å². The summed E-state index contributed by atoms with van der Waals surface area (Å²) in [4.78, 5) is 28.1. The highest BCUT2D eigenvalue weighted by Gasteiger charge is 2.17. The average molecular weight is 391 g/mol. The molecule has 0 atom stereocenters. The van der Waals surface area contributed by atoms with Crippen molar-refractivity contribution < 1.29 is 9.59 Å². The monoisotopic (exact) mass is 390 g/mol. The van der Waals surface area contributed by atoms with Crippen LogP contribution in [0.25, 0.3) is 0 Å². The number of aromatic nitrogens is 2. The second-order valence-electron chi connectivity index (χ2n) is 6.26. The van der Waals surface area contributed by atoms with E-state index in [1.165, 1.54) is 29.9 Å². The van der Waals surface area contributed by atoms with Crippen molar-refractivity contribution in [3.05, 3.63) is 35.9 Å². The molecular formula is C18H22N4O2S2. The highest BCUT2D eigenvalue weighted by molar-refractivity contribution is 8.00. The first-order valence-electron chi connectivity index (χ1n) is 8.79. The molecule has 6 nitrogen and oxygen atoms in total. The van der Waals surface area contributed by atoms with Gasteiger partial charge in [-0.25, -0.2) is 0 Å². The summed E-state index contributed by atoms with van der Waals surface area (Å²) in [5.74, 6) is 0.832. The maximum Gasteiger partial charge on any atom is 0.242 e. The van der Waals surface area contributed by atoms with Crippen molar-refractivity contribution in [2.24, 2.45) is 0 Å². The SMILES string of the molecule is O=C(CCC(=O)NC1CCCC1)Nc1nsc(SCc2ccccc2)n1. The van der Waals surface area contributed by atoms with Crippen LogP contribution in [0.4, 0.5) is 5.95 Å². The van der Waals surface area contributed by atoms with Gasteiger partial charge < -0.3 is 5.32 Å². The van der Waals surface area contributed by atoms with Gasteiger partial charge in [0.05, 0.1) is 0 Å². The van der Waals surface area contributed by atoms with Crippen LogP contribution in [0.15, 0.2) is 34.7 Å². The molecule has 1 saturated carbocycles. The van der Waals surface area contributed by atoms with Crippen LogP contribution in [-0.2, 0) is 15.3 Å². The van der Waals surface area contributed by atoms with Gasteiger partial charge in [0.2, 0.25) is 17.8 Å². The minimum Gasteiger partial charge on any atom is -0.353 e. The molecule has 2 amide bonds. The van der Waals surface area contributed by atoms with Crippen LogP contribution < -0.4 is 10.6 Å². The predicted molar refractivity (Wildman–Crippen MR) is 104 cm³/mol. The van der Waals surface area contributed by atoms with Gasteiger partial charge >= 0.3 is 0 Å². The van der Waals surface area contributed by atoms with Crippen LogP contribution in [-0.4, -0.2) is 27.2 Å². The van der Waals surface area contributed by atoms with Gasteiger partial charge in [-0.1, -0.05) is 54.9 Å². The Labute approximate surface area is 161 Å². The van der Waals surface area contributed by atoms with Gasteiger partial charge in [0, 0.05) is 24.6 Å². The number of rotatable bonds is 8. The minimum atomic E-state index is -0.232. The van der Waals surface area contributed by atoms with E-state index in [9.17, 15) is 9.59 Å². The molecule has 1 aliphatic rings. The Morgan fingerprint density at radius 2 is 1.85 bits per heavy atom. The molecule has 1 aliphatic carbocycles. The molecule has 2 aromatic rings. The van der Waals surface area contributed by atoms with E-state index in [1.54, 1.807) is 11.8 Å². The number of thioether (sulfide) groups is 1. The molecule has 26 heavy (non-hydrogen) atoms. The molecule has 3 rings (SSSR count). The average Bonchev–Trinajstić information content (AvgIpc) is 3.31. The Balaban J connectivity index is 1.37. The van der Waals surface area contributed by atoms with E-state index in [0.29, 0.717) is 5.95 Å². The zero-order valence-electron chi connectivity index (χ0n) is 14.4. The number of hydrogen-bond donors (Lipinski definition) is 2. The largest absolute Gasteiger partial charge is 0.353 e. The number of anilines is 1. The normalized spacial score (nSPS) is 14.3. The molecule has 138 valence electrons. The van der Waals surface area contributed by atoms with E-state index < -0.39 is 0 Å². The van der Waals surface area contributed by atoms with Crippen LogP contribution >= 0.6 is 23.3 Å². The number of carbonyl (C=O) groups excluding carboxylic acids is 2. The summed E-state index contributed by atoms with van der Waals surface area (Å²) in [5, 5.41) is 5.65. The summed E-state index contributed by atoms with van der Waals surface area (Å²) >= 11 is 2.85. The van der Waals surface area contributed by atoms with Gasteiger partial charge in [0.1, 0.15) is 0 Å². The van der Waals surface area contributed by atoms with E-state index in [0.717, 1.165) is 22.9 Å². The maximum absolute atomic E-state index is 12.0. The first-order valence-corrected chi connectivity index (χ1v) is 10.5. The molecule has 0 radical (unpaired) electrons. The van der Waals surface area contributed by atoms with Crippen molar-refractivity contribution >= 4 is 41.1 Å². The lowest BCUT2D eigenvalue weighted by molar-refractivity contribution is -0.124. The summed E-state index contributed by atoms with van der Waals surface area (Å²) < 4.78 is 4.96. The molecule has 2 N–H and O–H groups in total. The van der Waals surface area contributed by atoms with Gasteiger partial charge in [-0.05, 0) is 29.9 Å². The van der Waals surface area contributed by atoms with Crippen LogP contribution in [0.3, 0.4) is 0 Å². The van der Waals surface area contributed by atoms with Gasteiger partial charge in [0.15, 0.2) is 4.34 Å². The molecule has 8 heteroatoms. The smallest absolute Gasteiger partial charge is 0.242 e. The molecule has 0 aliphatic heterocycles. The van der Waals surface area contributed by atoms with Crippen molar-refractivity contribution in [2.75, 3.05) is 5.32 Å². The van der Waals surface area contributed by atoms with Gasteiger partial charge in [-0.15, -0.1) is 0 Å². The van der Waals surface area contributed by atoms with Gasteiger partial charge in [0.25, 0.3) is 0 Å². The van der Waals surface area contributed by atoms with E-state index in [4.69, 9.17) is 0 Å². The molecule has 0 spiro atoms. The highest BCUT2D eigenvalue weighted by Crippen LogP contribution is 2.25. The van der Waals surface area contributed by atoms with Crippen molar-refractivity contribution in [1.82, 2.24) is 14.7 Å². The van der Waals surface area contributed by atoms with Crippen LogP contribution in [0.2, 0.25) is 0 Å². The van der Waals surface area contributed by atoms with E-state index in [2.05, 4.69) is 32.1 Å². The number of benzene rings is 1. The van der Waals surface area contributed by atoms with Gasteiger partial charge in [-0.3, -0.25) is 14.9 Å². The first kappa shape index (κ1) is 18.8. The van der Waals surface area contributed by atoms with Gasteiger partial charge in [-0.2, -0.15) is 9.36 Å². The number of nitrogens with zero attached hydrogens (tertiary/aromatic N) is 2. The molecular weight excluding hydrogens is 368 g/mol. The van der Waals surface area contributed by atoms with E-state index in [-0.39, 0.29) is 30.7 Å². The molecule has 1 fully saturated rings. The number of carbonyl (C=O) groups is 2. The fourth-order valence-corrected chi connectivity index (χ4v) is 4.33. The molecule has 1 aromatic heterocycles. The van der Waals surface area contributed by atoms with Crippen molar-refractivity contribution in [2.45, 2.75) is 54.7 Å². The highest BCUT2D eigenvalue weighted by atomic mass is 32.2. The summed E-state index contributed by atoms with van der Waals surface area (Å²) in [6.45, 7) is 0. The number of hydrogen-bond acceptors (Lipinski definition) is 6. The van der Waals surface area contributed by atoms with E-state index >= 15 is 0 Å². The summed E-state index contributed by atoms with van der Waals surface area (Å²) in [6, 6.07) is 10.4. The zero-order valence-corrected chi connectivity index (χ0v) is 16.1. The number of nitrogens with one attached hydrogen (secondary N) is 2. The third-order valence-electron chi connectivity index (χ3n) is 4.16. The Bertz CT molecular complexity index is 730. The Morgan fingerprint density at radius 3 is 2.62 bits per heavy atom. The standard InChI is InChI=1S/C18H22N4O2S2/c23-15(19-14-8-4-5-9-14)10-11-16(24)20-17-21-18(26-22-17)25-12-13-6-2-1-3-7-13/h1-3,6-7,14H,4-5,8-12H2,(H,19,23)(H,20,22,24). The molecule has 1 heterocycles. The Kier molecular flexibility index (Phi) is 7.02. The minimum absolute atomic E-state index is 0.0580. The maximum atomic E-state index is 12.0. The molecule has 0 saturated heterocycles.